The molecule has 1 aliphatic heterocycles. The fourth-order valence-electron chi connectivity index (χ4n) is 1.72. The van der Waals surface area contributed by atoms with Crippen molar-refractivity contribution in [2.45, 2.75) is 10.1 Å². The maximum absolute atomic E-state index is 11.9. The normalized spacial score (nSPS) is 13.8. The molecule has 23 heavy (non-hydrogen) atoms. The largest absolute Gasteiger partial charge is 0.300 e. The van der Waals surface area contributed by atoms with Crippen molar-refractivity contribution >= 4 is 62.0 Å². The highest BCUT2D eigenvalue weighted by atomic mass is 32.2. The van der Waals surface area contributed by atoms with Gasteiger partial charge in [0.15, 0.2) is 4.34 Å². The molecule has 3 rings (SSSR count). The van der Waals surface area contributed by atoms with Crippen LogP contribution in [0, 0.1) is 0 Å². The van der Waals surface area contributed by atoms with E-state index in [1.165, 1.54) is 28.7 Å². The first kappa shape index (κ1) is 16.8. The summed E-state index contributed by atoms with van der Waals surface area (Å²) in [5.74, 6) is 2.15. The molecule has 2 aromatic rings. The number of aromatic nitrogens is 2. The van der Waals surface area contributed by atoms with Gasteiger partial charge >= 0.3 is 0 Å². The molecule has 0 unspecified atom stereocenters. The van der Waals surface area contributed by atoms with Crippen LogP contribution >= 0.6 is 46.6 Å². The van der Waals surface area contributed by atoms with Crippen molar-refractivity contribution in [3.63, 3.8) is 0 Å². The second-order valence-corrected chi connectivity index (χ2v) is 8.99. The number of carbonyl (C=O) groups is 1. The second-order valence-electron chi connectivity index (χ2n) is 4.48. The highest BCUT2D eigenvalue weighted by Gasteiger charge is 2.12. The van der Waals surface area contributed by atoms with Crippen molar-refractivity contribution in [2.75, 3.05) is 23.4 Å². The summed E-state index contributed by atoms with van der Waals surface area (Å²) in [6.07, 6.45) is 0. The quantitative estimate of drug-likeness (QED) is 0.608. The maximum atomic E-state index is 11.9. The Morgan fingerprint density at radius 3 is 2.87 bits per heavy atom. The third-order valence-corrected chi connectivity index (χ3v) is 7.04. The lowest BCUT2D eigenvalue weighted by atomic mass is 10.2. The molecule has 0 spiro atoms. The van der Waals surface area contributed by atoms with E-state index in [0.29, 0.717) is 10.9 Å². The molecule has 1 amide bonds. The Balaban J connectivity index is 1.44. The van der Waals surface area contributed by atoms with Crippen LogP contribution in [0.15, 0.2) is 39.7 Å². The summed E-state index contributed by atoms with van der Waals surface area (Å²) in [7, 11) is 0. The predicted molar refractivity (Wildman–Crippen MR) is 102 cm³/mol. The van der Waals surface area contributed by atoms with E-state index >= 15 is 0 Å². The van der Waals surface area contributed by atoms with E-state index in [1.807, 2.05) is 18.2 Å². The van der Waals surface area contributed by atoms with Gasteiger partial charge in [0.25, 0.3) is 0 Å². The number of hydrogen-bond donors (Lipinski definition) is 1. The minimum Gasteiger partial charge on any atom is -0.300 e. The van der Waals surface area contributed by atoms with Crippen LogP contribution in [0.25, 0.3) is 0 Å². The Kier molecular flexibility index (Phi) is 6.37. The van der Waals surface area contributed by atoms with E-state index in [1.54, 1.807) is 23.5 Å². The Bertz CT molecular complexity index is 689. The Labute approximate surface area is 151 Å². The fraction of sp³-hybridized carbons (Fsp3) is 0.286. The predicted octanol–water partition coefficient (Wildman–Crippen LogP) is 3.60. The lowest BCUT2D eigenvalue weighted by Gasteiger charge is -2.00. The average molecular weight is 383 g/mol. The van der Waals surface area contributed by atoms with Crippen LogP contribution in [0.3, 0.4) is 0 Å². The number of amides is 1. The number of aliphatic imine (C=N–C) groups is 1. The van der Waals surface area contributed by atoms with Gasteiger partial charge in [-0.3, -0.25) is 15.1 Å². The monoisotopic (exact) mass is 382 g/mol. The lowest BCUT2D eigenvalue weighted by molar-refractivity contribution is -0.113. The third-order valence-electron chi connectivity index (χ3n) is 2.74. The zero-order valence-electron chi connectivity index (χ0n) is 12.1. The standard InChI is InChI=1S/C14H14N4OS4/c19-11(9-22-13-15-6-7-20-13)16-12-17-18-14(23-12)21-8-10-4-2-1-3-5-10/h1-5H,6-9H2,(H,16,17,19). The van der Waals surface area contributed by atoms with Gasteiger partial charge in [-0.25, -0.2) is 0 Å². The van der Waals surface area contributed by atoms with Crippen molar-refractivity contribution in [1.82, 2.24) is 10.2 Å². The van der Waals surface area contributed by atoms with Crippen molar-refractivity contribution < 1.29 is 4.79 Å². The minimum absolute atomic E-state index is 0.0686. The SMILES string of the molecule is O=C(CSC1=NCCS1)Nc1nnc(SCc2ccccc2)s1. The van der Waals surface area contributed by atoms with Gasteiger partial charge in [-0.1, -0.05) is 77.0 Å². The molecule has 0 aliphatic carbocycles. The van der Waals surface area contributed by atoms with Gasteiger partial charge < -0.3 is 0 Å². The molecule has 0 bridgehead atoms. The van der Waals surface area contributed by atoms with E-state index in [0.717, 1.165) is 26.8 Å². The molecule has 1 aliphatic rings. The van der Waals surface area contributed by atoms with Crippen molar-refractivity contribution in [3.05, 3.63) is 35.9 Å². The van der Waals surface area contributed by atoms with Gasteiger partial charge in [-0.2, -0.15) is 0 Å². The van der Waals surface area contributed by atoms with Crippen molar-refractivity contribution in [2.24, 2.45) is 4.99 Å². The molecule has 2 heterocycles. The zero-order valence-corrected chi connectivity index (χ0v) is 15.4. The van der Waals surface area contributed by atoms with Crippen molar-refractivity contribution in [1.29, 1.82) is 0 Å². The molecule has 0 fully saturated rings. The molecule has 5 nitrogen and oxygen atoms in total. The van der Waals surface area contributed by atoms with E-state index in [9.17, 15) is 4.79 Å². The molecule has 0 saturated carbocycles. The van der Waals surface area contributed by atoms with Gasteiger partial charge in [-0.15, -0.1) is 10.2 Å². The zero-order chi connectivity index (χ0) is 15.9. The highest BCUT2D eigenvalue weighted by Crippen LogP contribution is 2.28. The molecule has 9 heteroatoms. The first-order valence-corrected chi connectivity index (χ1v) is 10.7. The summed E-state index contributed by atoms with van der Waals surface area (Å²) in [5, 5.41) is 11.5. The summed E-state index contributed by atoms with van der Waals surface area (Å²) < 4.78 is 1.85. The van der Waals surface area contributed by atoms with Crippen LogP contribution in [0.1, 0.15) is 5.56 Å². The van der Waals surface area contributed by atoms with E-state index < -0.39 is 0 Å². The Morgan fingerprint density at radius 2 is 2.09 bits per heavy atom. The summed E-state index contributed by atoms with van der Waals surface area (Å²) in [4.78, 5) is 16.2. The number of anilines is 1. The van der Waals surface area contributed by atoms with Gasteiger partial charge in [-0.05, 0) is 5.56 Å². The minimum atomic E-state index is -0.0686. The van der Waals surface area contributed by atoms with Gasteiger partial charge in [0, 0.05) is 11.5 Å². The van der Waals surface area contributed by atoms with Crippen LogP contribution in [0.5, 0.6) is 0 Å². The van der Waals surface area contributed by atoms with Crippen LogP contribution < -0.4 is 5.32 Å². The van der Waals surface area contributed by atoms with E-state index in [-0.39, 0.29) is 5.91 Å². The second kappa shape index (κ2) is 8.72. The molecular formula is C14H14N4OS4. The van der Waals surface area contributed by atoms with Crippen molar-refractivity contribution in [3.8, 4) is 0 Å². The third kappa shape index (κ3) is 5.52. The summed E-state index contributed by atoms with van der Waals surface area (Å²) in [6.45, 7) is 0.854. The van der Waals surface area contributed by atoms with Gasteiger partial charge in [0.1, 0.15) is 4.38 Å². The molecule has 0 radical (unpaired) electrons. The molecule has 120 valence electrons. The Morgan fingerprint density at radius 1 is 1.22 bits per heavy atom. The molecule has 1 aromatic heterocycles. The molecular weight excluding hydrogens is 368 g/mol. The lowest BCUT2D eigenvalue weighted by Crippen LogP contribution is -2.14. The summed E-state index contributed by atoms with van der Waals surface area (Å²) >= 11 is 6.21. The molecule has 0 atom stereocenters. The Hall–Kier alpha value is -1.03. The van der Waals surface area contributed by atoms with E-state index in [2.05, 4.69) is 32.6 Å². The van der Waals surface area contributed by atoms with Gasteiger partial charge in [0.2, 0.25) is 11.0 Å². The number of thioether (sulfide) groups is 3. The first-order chi connectivity index (χ1) is 11.3. The van der Waals surface area contributed by atoms with Crippen LogP contribution in [-0.4, -0.2) is 38.5 Å². The summed E-state index contributed by atoms with van der Waals surface area (Å²) in [5.41, 5.74) is 1.24. The van der Waals surface area contributed by atoms with Crippen LogP contribution in [0.4, 0.5) is 5.13 Å². The first-order valence-electron chi connectivity index (χ1n) is 6.90. The van der Waals surface area contributed by atoms with E-state index in [4.69, 9.17) is 0 Å². The summed E-state index contributed by atoms with van der Waals surface area (Å²) in [6, 6.07) is 10.2. The average Bonchev–Trinajstić information content (AvgIpc) is 3.24. The number of nitrogens with one attached hydrogen (secondary N) is 1. The topological polar surface area (TPSA) is 67.2 Å². The maximum Gasteiger partial charge on any atom is 0.236 e. The number of benzene rings is 1. The number of hydrogen-bond acceptors (Lipinski definition) is 8. The highest BCUT2D eigenvalue weighted by molar-refractivity contribution is 8.39. The fourth-order valence-corrected chi connectivity index (χ4v) is 5.26. The molecule has 0 saturated heterocycles. The van der Waals surface area contributed by atoms with Gasteiger partial charge in [0.05, 0.1) is 12.3 Å². The number of carbonyl (C=O) groups excluding carboxylic acids is 1. The molecule has 1 N–H and O–H groups in total. The van der Waals surface area contributed by atoms with Crippen LogP contribution in [0.2, 0.25) is 0 Å². The number of nitrogens with zero attached hydrogens (tertiary/aromatic N) is 3. The van der Waals surface area contributed by atoms with Crippen LogP contribution in [-0.2, 0) is 10.5 Å². The molecule has 1 aromatic carbocycles. The number of rotatable bonds is 6. The smallest absolute Gasteiger partial charge is 0.236 e.